The zero-order chi connectivity index (χ0) is 15.7. The third kappa shape index (κ3) is 3.46. The molecule has 21 heavy (non-hydrogen) atoms. The lowest BCUT2D eigenvalue weighted by atomic mass is 9.78. The van der Waals surface area contributed by atoms with Crippen molar-refractivity contribution in [2.75, 3.05) is 0 Å². The molecule has 0 amide bonds. The summed E-state index contributed by atoms with van der Waals surface area (Å²) in [4.78, 5) is 11.8. The van der Waals surface area contributed by atoms with E-state index in [4.69, 9.17) is 0 Å². The average Bonchev–Trinajstić information content (AvgIpc) is 2.90. The Kier molecular flexibility index (Phi) is 4.43. The van der Waals surface area contributed by atoms with E-state index in [0.29, 0.717) is 5.56 Å². The summed E-state index contributed by atoms with van der Waals surface area (Å²) in [6, 6.07) is 7.49. The molecule has 1 aliphatic rings. The summed E-state index contributed by atoms with van der Waals surface area (Å²) in [6.45, 7) is 6.46. The maximum atomic E-state index is 11.8. The number of hydrogen-bond donors (Lipinski definition) is 2. The van der Waals surface area contributed by atoms with Gasteiger partial charge in [0.15, 0.2) is 5.60 Å². The molecule has 1 fully saturated rings. The first kappa shape index (κ1) is 16.0. The molecule has 0 radical (unpaired) electrons. The fourth-order valence-electron chi connectivity index (χ4n) is 3.41. The van der Waals surface area contributed by atoms with Crippen LogP contribution in [0.15, 0.2) is 24.3 Å². The van der Waals surface area contributed by atoms with E-state index < -0.39 is 11.6 Å². The molecule has 1 aromatic carbocycles. The van der Waals surface area contributed by atoms with Crippen LogP contribution >= 0.6 is 0 Å². The summed E-state index contributed by atoms with van der Waals surface area (Å²) in [7, 11) is 0. The Labute approximate surface area is 127 Å². The highest BCUT2D eigenvalue weighted by molar-refractivity contribution is 5.79. The van der Waals surface area contributed by atoms with E-state index in [1.54, 1.807) is 6.07 Å². The molecule has 0 aromatic heterocycles. The third-order valence-corrected chi connectivity index (χ3v) is 4.37. The average molecular weight is 290 g/mol. The van der Waals surface area contributed by atoms with Gasteiger partial charge >= 0.3 is 5.97 Å². The van der Waals surface area contributed by atoms with Gasteiger partial charge in [-0.2, -0.15) is 0 Å². The van der Waals surface area contributed by atoms with Gasteiger partial charge in [-0.15, -0.1) is 0 Å². The van der Waals surface area contributed by atoms with Gasteiger partial charge in [0.25, 0.3) is 0 Å². The molecule has 1 aromatic rings. The summed E-state index contributed by atoms with van der Waals surface area (Å²) in [5.74, 6) is -1.30. The Balaban J connectivity index is 2.37. The Morgan fingerprint density at radius 3 is 2.38 bits per heavy atom. The molecular formula is C18H26O3. The fourth-order valence-corrected chi connectivity index (χ4v) is 3.41. The van der Waals surface area contributed by atoms with Crippen molar-refractivity contribution in [2.24, 2.45) is 11.3 Å². The first-order valence-corrected chi connectivity index (χ1v) is 7.78. The summed E-state index contributed by atoms with van der Waals surface area (Å²) < 4.78 is 0. The van der Waals surface area contributed by atoms with Crippen molar-refractivity contribution in [2.45, 2.75) is 58.5 Å². The van der Waals surface area contributed by atoms with Gasteiger partial charge in [-0.05, 0) is 35.8 Å². The second kappa shape index (κ2) is 5.80. The molecule has 0 aliphatic heterocycles. The molecule has 2 N–H and O–H groups in total. The molecule has 1 aliphatic carbocycles. The molecular weight excluding hydrogens is 264 g/mol. The standard InChI is InChI=1S/C18H26O3/c1-17(2,3)12-13-7-6-10-15(11-13)18(21,16(19)20)14-8-4-5-9-14/h6-7,10-11,14,21H,4-5,8-9,12H2,1-3H3,(H,19,20). The number of aliphatic carboxylic acids is 1. The minimum absolute atomic E-state index is 0.132. The van der Waals surface area contributed by atoms with Crippen LogP contribution in [0.3, 0.4) is 0 Å². The van der Waals surface area contributed by atoms with E-state index in [-0.39, 0.29) is 11.3 Å². The zero-order valence-corrected chi connectivity index (χ0v) is 13.2. The van der Waals surface area contributed by atoms with Crippen LogP contribution in [0.1, 0.15) is 57.6 Å². The van der Waals surface area contributed by atoms with Gasteiger partial charge in [0.05, 0.1) is 0 Å². The van der Waals surface area contributed by atoms with Gasteiger partial charge in [-0.1, -0.05) is 57.9 Å². The number of carboxylic acids is 1. The lowest BCUT2D eigenvalue weighted by Gasteiger charge is -2.31. The molecule has 1 unspecified atom stereocenters. The van der Waals surface area contributed by atoms with Crippen LogP contribution in [-0.4, -0.2) is 16.2 Å². The quantitative estimate of drug-likeness (QED) is 0.888. The van der Waals surface area contributed by atoms with Crippen LogP contribution in [0.2, 0.25) is 0 Å². The summed E-state index contributed by atoms with van der Waals surface area (Å²) in [5, 5.41) is 20.5. The molecule has 0 heterocycles. The second-order valence-electron chi connectivity index (χ2n) is 7.49. The van der Waals surface area contributed by atoms with E-state index in [0.717, 1.165) is 37.7 Å². The van der Waals surface area contributed by atoms with E-state index in [2.05, 4.69) is 20.8 Å². The largest absolute Gasteiger partial charge is 0.479 e. The molecule has 1 atom stereocenters. The van der Waals surface area contributed by atoms with Gasteiger partial charge in [0.2, 0.25) is 0 Å². The van der Waals surface area contributed by atoms with E-state index >= 15 is 0 Å². The fraction of sp³-hybridized carbons (Fsp3) is 0.611. The van der Waals surface area contributed by atoms with E-state index in [9.17, 15) is 15.0 Å². The first-order valence-electron chi connectivity index (χ1n) is 7.78. The van der Waals surface area contributed by atoms with E-state index in [1.807, 2.05) is 18.2 Å². The Bertz CT molecular complexity index is 509. The minimum Gasteiger partial charge on any atom is -0.479 e. The van der Waals surface area contributed by atoms with Crippen molar-refractivity contribution in [3.63, 3.8) is 0 Å². The number of hydrogen-bond acceptors (Lipinski definition) is 2. The van der Waals surface area contributed by atoms with Crippen LogP contribution in [0, 0.1) is 11.3 Å². The lowest BCUT2D eigenvalue weighted by Crippen LogP contribution is -2.42. The zero-order valence-electron chi connectivity index (χ0n) is 13.2. The Morgan fingerprint density at radius 1 is 1.24 bits per heavy atom. The van der Waals surface area contributed by atoms with Gasteiger partial charge in [0.1, 0.15) is 0 Å². The molecule has 116 valence electrons. The molecule has 1 saturated carbocycles. The predicted octanol–water partition coefficient (Wildman–Crippen LogP) is 3.74. The number of aliphatic hydroxyl groups is 1. The van der Waals surface area contributed by atoms with Crippen molar-refractivity contribution in [1.82, 2.24) is 0 Å². The number of carboxylic acid groups (broad SMARTS) is 1. The van der Waals surface area contributed by atoms with Crippen LogP contribution in [0.5, 0.6) is 0 Å². The van der Waals surface area contributed by atoms with Gasteiger partial charge in [-0.3, -0.25) is 0 Å². The van der Waals surface area contributed by atoms with Crippen molar-refractivity contribution in [1.29, 1.82) is 0 Å². The van der Waals surface area contributed by atoms with Crippen LogP contribution in [-0.2, 0) is 16.8 Å². The minimum atomic E-state index is -1.75. The molecule has 3 nitrogen and oxygen atoms in total. The van der Waals surface area contributed by atoms with Gasteiger partial charge in [-0.25, -0.2) is 4.79 Å². The molecule has 3 heteroatoms. The second-order valence-corrected chi connectivity index (χ2v) is 7.49. The van der Waals surface area contributed by atoms with E-state index in [1.165, 1.54) is 0 Å². The summed E-state index contributed by atoms with van der Waals surface area (Å²) >= 11 is 0. The smallest absolute Gasteiger partial charge is 0.340 e. The first-order chi connectivity index (χ1) is 9.73. The molecule has 0 bridgehead atoms. The molecule has 2 rings (SSSR count). The number of benzene rings is 1. The van der Waals surface area contributed by atoms with Gasteiger partial charge in [0, 0.05) is 5.92 Å². The van der Waals surface area contributed by atoms with Gasteiger partial charge < -0.3 is 10.2 Å². The van der Waals surface area contributed by atoms with Crippen LogP contribution in [0.4, 0.5) is 0 Å². The summed E-state index contributed by atoms with van der Waals surface area (Å²) in [5.41, 5.74) is -0.00104. The summed E-state index contributed by atoms with van der Waals surface area (Å²) in [6.07, 6.45) is 4.43. The Morgan fingerprint density at radius 2 is 1.86 bits per heavy atom. The highest BCUT2D eigenvalue weighted by Crippen LogP contribution is 2.41. The Hall–Kier alpha value is -1.35. The maximum Gasteiger partial charge on any atom is 0.340 e. The third-order valence-electron chi connectivity index (χ3n) is 4.37. The van der Waals surface area contributed by atoms with Crippen LogP contribution < -0.4 is 0 Å². The monoisotopic (exact) mass is 290 g/mol. The molecule has 0 spiro atoms. The SMILES string of the molecule is CC(C)(C)Cc1cccc(C(O)(C(=O)O)C2CCCC2)c1. The number of carbonyl (C=O) groups is 1. The normalized spacial score (nSPS) is 19.4. The highest BCUT2D eigenvalue weighted by atomic mass is 16.4. The number of rotatable bonds is 4. The lowest BCUT2D eigenvalue weighted by molar-refractivity contribution is -0.166. The predicted molar refractivity (Wildman–Crippen MR) is 83.1 cm³/mol. The maximum absolute atomic E-state index is 11.8. The molecule has 0 saturated heterocycles. The highest BCUT2D eigenvalue weighted by Gasteiger charge is 2.46. The van der Waals surface area contributed by atoms with Crippen molar-refractivity contribution in [3.05, 3.63) is 35.4 Å². The topological polar surface area (TPSA) is 57.5 Å². The van der Waals surface area contributed by atoms with Crippen molar-refractivity contribution >= 4 is 5.97 Å². The van der Waals surface area contributed by atoms with Crippen molar-refractivity contribution < 1.29 is 15.0 Å². The van der Waals surface area contributed by atoms with Crippen molar-refractivity contribution in [3.8, 4) is 0 Å². The van der Waals surface area contributed by atoms with Crippen LogP contribution in [0.25, 0.3) is 0 Å².